The second-order valence-electron chi connectivity index (χ2n) is 2.96. The first-order chi connectivity index (χ1) is 6.74. The molecule has 0 aliphatic rings. The van der Waals surface area contributed by atoms with E-state index in [1.165, 1.54) is 17.7 Å². The smallest absolute Gasteiger partial charge is 0.165 e. The van der Waals surface area contributed by atoms with Crippen LogP contribution in [0.4, 0.5) is 0 Å². The summed E-state index contributed by atoms with van der Waals surface area (Å²) in [6.07, 6.45) is 1.47. The van der Waals surface area contributed by atoms with Gasteiger partial charge in [-0.15, -0.1) is 11.3 Å². The number of nitriles is 1. The highest BCUT2D eigenvalue weighted by molar-refractivity contribution is 7.16. The quantitative estimate of drug-likeness (QED) is 0.772. The van der Waals surface area contributed by atoms with Crippen molar-refractivity contribution in [3.63, 3.8) is 0 Å². The molecular formula is C9H8N4S. The van der Waals surface area contributed by atoms with Crippen LogP contribution >= 0.6 is 11.3 Å². The Morgan fingerprint density at radius 3 is 2.71 bits per heavy atom. The van der Waals surface area contributed by atoms with Gasteiger partial charge < -0.3 is 0 Å². The molecule has 0 bridgehead atoms. The summed E-state index contributed by atoms with van der Waals surface area (Å²) in [5, 5.41) is 15.5. The third-order valence-corrected chi connectivity index (χ3v) is 3.48. The zero-order valence-corrected chi connectivity index (χ0v) is 8.64. The maximum atomic E-state index is 8.87. The van der Waals surface area contributed by atoms with Crippen molar-refractivity contribution >= 4 is 11.3 Å². The molecule has 2 aromatic rings. The summed E-state index contributed by atoms with van der Waals surface area (Å²) in [7, 11) is 0. The average molecular weight is 204 g/mol. The standard InChI is InChI=1S/C9H8N4S/c1-5-6(2)8(14-7(5)3-10)9-11-4-12-13-9/h4H,1-2H3,(H,11,12,13). The van der Waals surface area contributed by atoms with E-state index in [1.54, 1.807) is 0 Å². The van der Waals surface area contributed by atoms with Crippen molar-refractivity contribution in [1.29, 1.82) is 5.26 Å². The Hall–Kier alpha value is -1.67. The zero-order chi connectivity index (χ0) is 10.1. The number of aromatic nitrogens is 3. The molecule has 4 nitrogen and oxygen atoms in total. The first-order valence-corrected chi connectivity index (χ1v) is 4.91. The second kappa shape index (κ2) is 3.24. The average Bonchev–Trinajstić information content (AvgIpc) is 2.78. The van der Waals surface area contributed by atoms with Crippen LogP contribution in [-0.2, 0) is 0 Å². The third kappa shape index (κ3) is 1.20. The number of hydrogen-bond acceptors (Lipinski definition) is 4. The molecule has 0 saturated carbocycles. The number of H-pyrrole nitrogens is 1. The lowest BCUT2D eigenvalue weighted by Crippen LogP contribution is -1.80. The number of nitrogens with one attached hydrogen (secondary N) is 1. The summed E-state index contributed by atoms with van der Waals surface area (Å²) in [6.45, 7) is 3.94. The van der Waals surface area contributed by atoms with Gasteiger partial charge in [0.15, 0.2) is 5.82 Å². The van der Waals surface area contributed by atoms with Gasteiger partial charge in [-0.25, -0.2) is 4.98 Å². The van der Waals surface area contributed by atoms with Gasteiger partial charge in [0.2, 0.25) is 0 Å². The van der Waals surface area contributed by atoms with Gasteiger partial charge >= 0.3 is 0 Å². The molecule has 0 fully saturated rings. The van der Waals surface area contributed by atoms with Gasteiger partial charge in [-0.05, 0) is 25.0 Å². The minimum Gasteiger partial charge on any atom is -0.259 e. The molecule has 0 spiro atoms. The van der Waals surface area contributed by atoms with E-state index in [1.807, 2.05) is 13.8 Å². The Labute approximate surface area is 85.2 Å². The Bertz CT molecular complexity index is 490. The molecule has 0 aliphatic heterocycles. The molecule has 70 valence electrons. The van der Waals surface area contributed by atoms with Crippen LogP contribution in [0.1, 0.15) is 16.0 Å². The summed E-state index contributed by atoms with van der Waals surface area (Å²) in [4.78, 5) is 5.81. The lowest BCUT2D eigenvalue weighted by Gasteiger charge is -1.92. The minimum atomic E-state index is 0.733. The van der Waals surface area contributed by atoms with Crippen molar-refractivity contribution < 1.29 is 0 Å². The Balaban J connectivity index is 2.62. The highest BCUT2D eigenvalue weighted by atomic mass is 32.1. The van der Waals surface area contributed by atoms with Crippen molar-refractivity contribution in [3.8, 4) is 16.8 Å². The van der Waals surface area contributed by atoms with Gasteiger partial charge in [0.05, 0.1) is 4.88 Å². The normalized spacial score (nSPS) is 10.1. The van der Waals surface area contributed by atoms with Crippen molar-refractivity contribution in [2.75, 3.05) is 0 Å². The van der Waals surface area contributed by atoms with Crippen molar-refractivity contribution in [3.05, 3.63) is 22.3 Å². The van der Waals surface area contributed by atoms with Crippen LogP contribution in [0.25, 0.3) is 10.7 Å². The Morgan fingerprint density at radius 2 is 2.21 bits per heavy atom. The monoisotopic (exact) mass is 204 g/mol. The van der Waals surface area contributed by atoms with Crippen LogP contribution in [0.5, 0.6) is 0 Å². The maximum absolute atomic E-state index is 8.87. The highest BCUT2D eigenvalue weighted by Gasteiger charge is 2.14. The molecule has 2 rings (SSSR count). The number of hydrogen-bond donors (Lipinski definition) is 1. The number of aromatic amines is 1. The zero-order valence-electron chi connectivity index (χ0n) is 7.83. The Kier molecular flexibility index (Phi) is 2.06. The van der Waals surface area contributed by atoms with E-state index in [4.69, 9.17) is 5.26 Å². The van der Waals surface area contributed by atoms with Gasteiger partial charge in [-0.2, -0.15) is 10.4 Å². The number of thiophene rings is 1. The van der Waals surface area contributed by atoms with Gasteiger partial charge in [-0.3, -0.25) is 5.10 Å². The molecule has 0 aromatic carbocycles. The minimum absolute atomic E-state index is 0.733. The fraction of sp³-hybridized carbons (Fsp3) is 0.222. The molecule has 5 heteroatoms. The lowest BCUT2D eigenvalue weighted by atomic mass is 10.1. The molecule has 2 aromatic heterocycles. The molecule has 0 atom stereocenters. The summed E-state index contributed by atoms with van der Waals surface area (Å²) in [5.41, 5.74) is 2.13. The lowest BCUT2D eigenvalue weighted by molar-refractivity contribution is 1.10. The van der Waals surface area contributed by atoms with E-state index in [-0.39, 0.29) is 0 Å². The fourth-order valence-corrected chi connectivity index (χ4v) is 2.30. The van der Waals surface area contributed by atoms with Crippen molar-refractivity contribution in [2.24, 2.45) is 0 Å². The molecule has 0 amide bonds. The molecule has 0 radical (unpaired) electrons. The fourth-order valence-electron chi connectivity index (χ4n) is 1.24. The molecule has 1 N–H and O–H groups in total. The van der Waals surface area contributed by atoms with Gasteiger partial charge in [0, 0.05) is 0 Å². The van der Waals surface area contributed by atoms with E-state index in [9.17, 15) is 0 Å². The predicted octanol–water partition coefficient (Wildman–Crippen LogP) is 2.02. The second-order valence-corrected chi connectivity index (χ2v) is 3.98. The largest absolute Gasteiger partial charge is 0.259 e. The van der Waals surface area contributed by atoms with Crippen LogP contribution in [0.15, 0.2) is 6.33 Å². The SMILES string of the molecule is Cc1c(C#N)sc(-c2ncn[nH]2)c1C. The van der Waals surface area contributed by atoms with Gasteiger partial charge in [0.25, 0.3) is 0 Å². The molecule has 0 saturated heterocycles. The van der Waals surface area contributed by atoms with Crippen LogP contribution < -0.4 is 0 Å². The van der Waals surface area contributed by atoms with Crippen molar-refractivity contribution in [2.45, 2.75) is 13.8 Å². The summed E-state index contributed by atoms with van der Waals surface area (Å²) < 4.78 is 0. The van der Waals surface area contributed by atoms with E-state index in [2.05, 4.69) is 21.3 Å². The first kappa shape index (κ1) is 8.91. The van der Waals surface area contributed by atoms with E-state index < -0.39 is 0 Å². The number of nitrogens with zero attached hydrogens (tertiary/aromatic N) is 3. The van der Waals surface area contributed by atoms with E-state index >= 15 is 0 Å². The molecule has 2 heterocycles. The highest BCUT2D eigenvalue weighted by Crippen LogP contribution is 2.33. The van der Waals surface area contributed by atoms with Gasteiger partial charge in [-0.1, -0.05) is 0 Å². The first-order valence-electron chi connectivity index (χ1n) is 4.10. The molecule has 14 heavy (non-hydrogen) atoms. The molecule has 0 unspecified atom stereocenters. The summed E-state index contributed by atoms with van der Waals surface area (Å²) in [6, 6.07) is 2.17. The predicted molar refractivity (Wildman–Crippen MR) is 53.9 cm³/mol. The third-order valence-electron chi connectivity index (χ3n) is 2.18. The summed E-state index contributed by atoms with van der Waals surface area (Å²) >= 11 is 1.45. The Morgan fingerprint density at radius 1 is 1.43 bits per heavy atom. The van der Waals surface area contributed by atoms with Crippen LogP contribution in [0, 0.1) is 25.2 Å². The summed E-state index contributed by atoms with van der Waals surface area (Å²) in [5.74, 6) is 0.733. The van der Waals surface area contributed by atoms with E-state index in [0.29, 0.717) is 0 Å². The molecule has 0 aliphatic carbocycles. The number of rotatable bonds is 1. The van der Waals surface area contributed by atoms with Crippen LogP contribution in [0.2, 0.25) is 0 Å². The molecular weight excluding hydrogens is 196 g/mol. The van der Waals surface area contributed by atoms with Crippen LogP contribution in [0.3, 0.4) is 0 Å². The maximum Gasteiger partial charge on any atom is 0.165 e. The van der Waals surface area contributed by atoms with E-state index in [0.717, 1.165) is 26.7 Å². The van der Waals surface area contributed by atoms with Crippen molar-refractivity contribution in [1.82, 2.24) is 15.2 Å². The van der Waals surface area contributed by atoms with Gasteiger partial charge in [0.1, 0.15) is 17.3 Å². The van der Waals surface area contributed by atoms with Crippen LogP contribution in [-0.4, -0.2) is 15.2 Å². The topological polar surface area (TPSA) is 65.4 Å².